The fraction of sp³-hybridized carbons (Fsp3) is 0.174. The van der Waals surface area contributed by atoms with Crippen LogP contribution in [-0.4, -0.2) is 28.5 Å². The van der Waals surface area contributed by atoms with Crippen LogP contribution in [0.25, 0.3) is 0 Å². The number of amides is 1. The fourth-order valence-electron chi connectivity index (χ4n) is 3.57. The van der Waals surface area contributed by atoms with Gasteiger partial charge in [0.05, 0.1) is 22.3 Å². The van der Waals surface area contributed by atoms with Crippen molar-refractivity contribution in [3.63, 3.8) is 0 Å². The Balaban J connectivity index is 1.53. The zero-order valence-electron chi connectivity index (χ0n) is 17.9. The molecular weight excluding hydrogens is 464 g/mol. The van der Waals surface area contributed by atoms with Gasteiger partial charge in [-0.1, -0.05) is 25.1 Å². The Morgan fingerprint density at radius 1 is 0.970 bits per heavy atom. The van der Waals surface area contributed by atoms with Crippen molar-refractivity contribution in [2.45, 2.75) is 18.7 Å². The summed E-state index contributed by atoms with van der Waals surface area (Å²) < 4.78 is 59.5. The normalized spacial score (nSPS) is 17.7. The van der Waals surface area contributed by atoms with E-state index in [0.717, 1.165) is 4.31 Å². The average molecular weight is 487 g/mol. The molecule has 1 aliphatic rings. The number of nitrogens with one attached hydrogen (secondary N) is 1. The number of anilines is 2. The number of carbonyl (C=O) groups is 1. The molecule has 1 amide bonds. The number of carbonyl (C=O) groups excluding carboxylic acids is 1. The molecule has 33 heavy (non-hydrogen) atoms. The maximum Gasteiger partial charge on any atom is 0.262 e. The monoisotopic (exact) mass is 486 g/mol. The van der Waals surface area contributed by atoms with E-state index < -0.39 is 31.9 Å². The Morgan fingerprint density at radius 3 is 2.18 bits per heavy atom. The van der Waals surface area contributed by atoms with E-state index >= 15 is 0 Å². The Morgan fingerprint density at radius 2 is 1.61 bits per heavy atom. The highest BCUT2D eigenvalue weighted by Crippen LogP contribution is 2.31. The molecular formula is C23H22N2O6S2. The van der Waals surface area contributed by atoms with E-state index in [1.165, 1.54) is 18.2 Å². The van der Waals surface area contributed by atoms with Crippen LogP contribution in [0.4, 0.5) is 11.4 Å². The quantitative estimate of drug-likeness (QED) is 0.566. The van der Waals surface area contributed by atoms with Crippen molar-refractivity contribution in [2.75, 3.05) is 14.8 Å². The number of rotatable bonds is 6. The third kappa shape index (κ3) is 4.71. The predicted molar refractivity (Wildman–Crippen MR) is 125 cm³/mol. The molecule has 0 aromatic heterocycles. The van der Waals surface area contributed by atoms with E-state index in [0.29, 0.717) is 22.7 Å². The van der Waals surface area contributed by atoms with Crippen molar-refractivity contribution >= 4 is 37.3 Å². The van der Waals surface area contributed by atoms with E-state index in [-0.39, 0.29) is 16.3 Å². The first-order chi connectivity index (χ1) is 15.6. The summed E-state index contributed by atoms with van der Waals surface area (Å²) in [5.41, 5.74) is 0.778. The minimum Gasteiger partial charge on any atom is -0.457 e. The Bertz CT molecular complexity index is 1400. The summed E-state index contributed by atoms with van der Waals surface area (Å²) in [6, 6.07) is 19.7. The van der Waals surface area contributed by atoms with Crippen LogP contribution < -0.4 is 13.8 Å². The number of hydrogen-bond acceptors (Lipinski definition) is 6. The van der Waals surface area contributed by atoms with Gasteiger partial charge in [0.15, 0.2) is 0 Å². The molecule has 3 aromatic carbocycles. The zero-order valence-corrected chi connectivity index (χ0v) is 19.6. The maximum atomic E-state index is 12.9. The summed E-state index contributed by atoms with van der Waals surface area (Å²) in [5.74, 6) is -0.226. The molecule has 1 saturated heterocycles. The summed E-state index contributed by atoms with van der Waals surface area (Å²) >= 11 is 0. The van der Waals surface area contributed by atoms with E-state index in [1.54, 1.807) is 38.1 Å². The highest BCUT2D eigenvalue weighted by Gasteiger charge is 2.42. The topological polar surface area (TPSA) is 110 Å². The molecule has 1 aliphatic heterocycles. The fourth-order valence-corrected chi connectivity index (χ4v) is 6.67. The van der Waals surface area contributed by atoms with Gasteiger partial charge in [-0.3, -0.25) is 9.52 Å². The lowest BCUT2D eigenvalue weighted by atomic mass is 10.2. The van der Waals surface area contributed by atoms with Crippen LogP contribution >= 0.6 is 0 Å². The van der Waals surface area contributed by atoms with Gasteiger partial charge in [0.25, 0.3) is 10.0 Å². The number of aryl methyl sites for hydroxylation is 1. The van der Waals surface area contributed by atoms with Gasteiger partial charge in [-0.05, 0) is 67.1 Å². The lowest BCUT2D eigenvalue weighted by Crippen LogP contribution is -2.30. The van der Waals surface area contributed by atoms with Crippen molar-refractivity contribution in [3.05, 3.63) is 78.4 Å². The van der Waals surface area contributed by atoms with Gasteiger partial charge in [0.1, 0.15) is 11.5 Å². The first-order valence-corrected chi connectivity index (χ1v) is 13.2. The van der Waals surface area contributed by atoms with Crippen molar-refractivity contribution in [2.24, 2.45) is 5.92 Å². The first kappa shape index (κ1) is 22.8. The maximum absolute atomic E-state index is 12.9. The number of sulfonamides is 2. The number of nitrogens with zero attached hydrogens (tertiary/aromatic N) is 1. The Kier molecular flexibility index (Phi) is 5.89. The molecule has 8 nitrogen and oxygen atoms in total. The molecule has 10 heteroatoms. The second-order valence-electron chi connectivity index (χ2n) is 7.78. The van der Waals surface area contributed by atoms with Crippen molar-refractivity contribution in [1.29, 1.82) is 0 Å². The molecule has 1 heterocycles. The van der Waals surface area contributed by atoms with Gasteiger partial charge in [0, 0.05) is 5.69 Å². The van der Waals surface area contributed by atoms with E-state index in [1.807, 2.05) is 30.3 Å². The van der Waals surface area contributed by atoms with Crippen LogP contribution in [0.2, 0.25) is 0 Å². The number of para-hydroxylation sites is 1. The lowest BCUT2D eigenvalue weighted by molar-refractivity contribution is -0.119. The van der Waals surface area contributed by atoms with Crippen LogP contribution in [0.3, 0.4) is 0 Å². The van der Waals surface area contributed by atoms with Gasteiger partial charge in [-0.2, -0.15) is 0 Å². The molecule has 1 unspecified atom stereocenters. The van der Waals surface area contributed by atoms with E-state index in [4.69, 9.17) is 4.74 Å². The Labute approximate surface area is 192 Å². The number of hydrogen-bond donors (Lipinski definition) is 1. The molecule has 1 atom stereocenters. The van der Waals surface area contributed by atoms with Crippen LogP contribution in [0.5, 0.6) is 11.5 Å². The van der Waals surface area contributed by atoms with E-state index in [9.17, 15) is 21.6 Å². The SMILES string of the molecule is Cc1cc(N2C(=O)C(C)CS2(=O)=O)ccc1S(=O)(=O)Nc1ccc(Oc2ccccc2)cc1. The van der Waals surface area contributed by atoms with E-state index in [2.05, 4.69) is 4.72 Å². The van der Waals surface area contributed by atoms with Crippen LogP contribution in [0.1, 0.15) is 12.5 Å². The van der Waals surface area contributed by atoms with Gasteiger partial charge in [-0.15, -0.1) is 0 Å². The second kappa shape index (κ2) is 8.53. The third-order valence-corrected chi connectivity index (χ3v) is 8.54. The molecule has 4 rings (SSSR count). The average Bonchev–Trinajstić information content (AvgIpc) is 2.96. The molecule has 1 fully saturated rings. The molecule has 0 radical (unpaired) electrons. The van der Waals surface area contributed by atoms with Crippen molar-refractivity contribution in [3.8, 4) is 11.5 Å². The number of ether oxygens (including phenoxy) is 1. The molecule has 0 spiro atoms. The summed E-state index contributed by atoms with van der Waals surface area (Å²) in [7, 11) is -7.72. The van der Waals surface area contributed by atoms with Crippen LogP contribution in [0, 0.1) is 12.8 Å². The Hall–Kier alpha value is -3.37. The summed E-state index contributed by atoms with van der Waals surface area (Å²) in [4.78, 5) is 12.3. The third-order valence-electron chi connectivity index (χ3n) is 5.13. The smallest absolute Gasteiger partial charge is 0.262 e. The van der Waals surface area contributed by atoms with Gasteiger partial charge >= 0.3 is 0 Å². The highest BCUT2D eigenvalue weighted by atomic mass is 32.2. The highest BCUT2D eigenvalue weighted by molar-refractivity contribution is 7.94. The second-order valence-corrected chi connectivity index (χ2v) is 11.3. The predicted octanol–water partition coefficient (Wildman–Crippen LogP) is 3.90. The van der Waals surface area contributed by atoms with Crippen molar-refractivity contribution < 1.29 is 26.4 Å². The van der Waals surface area contributed by atoms with Crippen molar-refractivity contribution in [1.82, 2.24) is 0 Å². The van der Waals surface area contributed by atoms with Gasteiger partial charge < -0.3 is 4.74 Å². The molecule has 0 aliphatic carbocycles. The molecule has 1 N–H and O–H groups in total. The standard InChI is InChI=1S/C23H22N2O6S2/c1-16-14-19(25-23(26)17(2)15-32(25,27)28)10-13-22(16)33(29,30)24-18-8-11-21(12-9-18)31-20-6-4-3-5-7-20/h3-14,17,24H,15H2,1-2H3. The molecule has 3 aromatic rings. The number of benzene rings is 3. The summed E-state index contributed by atoms with van der Waals surface area (Å²) in [6.07, 6.45) is 0. The minimum atomic E-state index is -3.95. The minimum absolute atomic E-state index is 0.0204. The molecule has 0 bridgehead atoms. The molecule has 0 saturated carbocycles. The van der Waals surface area contributed by atoms with Gasteiger partial charge in [0.2, 0.25) is 15.9 Å². The summed E-state index contributed by atoms with van der Waals surface area (Å²) in [5, 5.41) is 0. The van der Waals surface area contributed by atoms with Crippen LogP contribution in [0.15, 0.2) is 77.7 Å². The first-order valence-electron chi connectivity index (χ1n) is 10.1. The van der Waals surface area contributed by atoms with Crippen LogP contribution in [-0.2, 0) is 24.8 Å². The zero-order chi connectivity index (χ0) is 23.8. The summed E-state index contributed by atoms with van der Waals surface area (Å²) in [6.45, 7) is 3.09. The lowest BCUT2D eigenvalue weighted by Gasteiger charge is -2.17. The molecule has 172 valence electrons. The van der Waals surface area contributed by atoms with Gasteiger partial charge in [-0.25, -0.2) is 21.1 Å². The largest absolute Gasteiger partial charge is 0.457 e.